The zero-order valence-electron chi connectivity index (χ0n) is 12.4. The van der Waals surface area contributed by atoms with Crippen LogP contribution in [0.25, 0.3) is 0 Å². The number of nitrogens with one attached hydrogen (secondary N) is 1. The van der Waals surface area contributed by atoms with Crippen LogP contribution >= 0.6 is 0 Å². The Kier molecular flexibility index (Phi) is 8.83. The summed E-state index contributed by atoms with van der Waals surface area (Å²) in [6.07, 6.45) is 3.92. The molecule has 3 heteroatoms. The van der Waals surface area contributed by atoms with Crippen molar-refractivity contribution in [3.8, 4) is 0 Å². The molecule has 2 atom stereocenters. The van der Waals surface area contributed by atoms with Crippen molar-refractivity contribution >= 4 is 0 Å². The van der Waals surface area contributed by atoms with Gasteiger partial charge in [-0.2, -0.15) is 0 Å². The zero-order valence-corrected chi connectivity index (χ0v) is 12.4. The molecular formula is C14H32N2O. The van der Waals surface area contributed by atoms with Crippen LogP contribution in [0.5, 0.6) is 0 Å². The van der Waals surface area contributed by atoms with E-state index in [0.717, 1.165) is 32.0 Å². The van der Waals surface area contributed by atoms with Gasteiger partial charge in [-0.3, -0.25) is 0 Å². The zero-order chi connectivity index (χ0) is 13.3. The fraction of sp³-hybridized carbons (Fsp3) is 1.00. The Morgan fingerprint density at radius 1 is 1.24 bits per heavy atom. The molecule has 2 unspecified atom stereocenters. The SMILES string of the molecule is COC(C)CNCCCC(CCN)C(C)(C)C. The number of ether oxygens (including phenoxy) is 1. The van der Waals surface area contributed by atoms with E-state index in [1.165, 1.54) is 12.8 Å². The van der Waals surface area contributed by atoms with Gasteiger partial charge in [-0.1, -0.05) is 20.8 Å². The van der Waals surface area contributed by atoms with Crippen molar-refractivity contribution in [3.05, 3.63) is 0 Å². The molecule has 0 bridgehead atoms. The quantitative estimate of drug-likeness (QED) is 0.612. The summed E-state index contributed by atoms with van der Waals surface area (Å²) in [7, 11) is 1.75. The molecule has 3 nitrogen and oxygen atoms in total. The van der Waals surface area contributed by atoms with Gasteiger partial charge in [-0.15, -0.1) is 0 Å². The van der Waals surface area contributed by atoms with E-state index in [1.54, 1.807) is 7.11 Å². The maximum atomic E-state index is 5.68. The standard InChI is InChI=1S/C14H32N2O/c1-12(17-5)11-16-10-6-7-13(8-9-15)14(2,3)4/h12-13,16H,6-11,15H2,1-5H3. The Morgan fingerprint density at radius 3 is 2.35 bits per heavy atom. The molecule has 0 aliphatic heterocycles. The molecule has 0 aromatic carbocycles. The number of nitrogens with two attached hydrogens (primary N) is 1. The molecule has 0 rings (SSSR count). The van der Waals surface area contributed by atoms with E-state index >= 15 is 0 Å². The van der Waals surface area contributed by atoms with E-state index in [1.807, 2.05) is 0 Å². The summed E-state index contributed by atoms with van der Waals surface area (Å²) in [5, 5.41) is 3.43. The Labute approximate surface area is 107 Å². The molecule has 0 heterocycles. The van der Waals surface area contributed by atoms with Gasteiger partial charge in [0.05, 0.1) is 6.10 Å². The van der Waals surface area contributed by atoms with Crippen LogP contribution in [0.2, 0.25) is 0 Å². The van der Waals surface area contributed by atoms with E-state index < -0.39 is 0 Å². The van der Waals surface area contributed by atoms with Crippen molar-refractivity contribution in [2.24, 2.45) is 17.1 Å². The van der Waals surface area contributed by atoms with Crippen LogP contribution in [-0.2, 0) is 4.74 Å². The fourth-order valence-corrected chi connectivity index (χ4v) is 2.07. The first-order valence-electron chi connectivity index (χ1n) is 6.85. The van der Waals surface area contributed by atoms with Crippen molar-refractivity contribution in [3.63, 3.8) is 0 Å². The van der Waals surface area contributed by atoms with Crippen LogP contribution in [-0.4, -0.2) is 32.8 Å². The normalized spacial score (nSPS) is 15.9. The van der Waals surface area contributed by atoms with Gasteiger partial charge in [0.1, 0.15) is 0 Å². The highest BCUT2D eigenvalue weighted by Gasteiger charge is 2.22. The summed E-state index contributed by atoms with van der Waals surface area (Å²) in [6.45, 7) is 11.8. The summed E-state index contributed by atoms with van der Waals surface area (Å²) in [6, 6.07) is 0. The monoisotopic (exact) mass is 244 g/mol. The van der Waals surface area contributed by atoms with Gasteiger partial charge in [0.15, 0.2) is 0 Å². The smallest absolute Gasteiger partial charge is 0.0667 e. The van der Waals surface area contributed by atoms with Crippen LogP contribution < -0.4 is 11.1 Å². The minimum absolute atomic E-state index is 0.303. The van der Waals surface area contributed by atoms with Crippen LogP contribution in [0.3, 0.4) is 0 Å². The summed E-state index contributed by atoms with van der Waals surface area (Å²) < 4.78 is 5.19. The average Bonchev–Trinajstić information content (AvgIpc) is 2.25. The van der Waals surface area contributed by atoms with Gasteiger partial charge in [0.25, 0.3) is 0 Å². The van der Waals surface area contributed by atoms with E-state index in [-0.39, 0.29) is 0 Å². The van der Waals surface area contributed by atoms with Crippen molar-refractivity contribution in [1.29, 1.82) is 0 Å². The van der Waals surface area contributed by atoms with Crippen LogP contribution in [0.4, 0.5) is 0 Å². The molecule has 17 heavy (non-hydrogen) atoms. The van der Waals surface area contributed by atoms with E-state index in [4.69, 9.17) is 10.5 Å². The Morgan fingerprint density at radius 2 is 1.88 bits per heavy atom. The first-order chi connectivity index (χ1) is 7.91. The lowest BCUT2D eigenvalue weighted by Crippen LogP contribution is -2.28. The van der Waals surface area contributed by atoms with Gasteiger partial charge in [-0.25, -0.2) is 0 Å². The summed E-state index contributed by atoms with van der Waals surface area (Å²) >= 11 is 0. The van der Waals surface area contributed by atoms with E-state index in [0.29, 0.717) is 11.5 Å². The van der Waals surface area contributed by atoms with Crippen LogP contribution in [0.15, 0.2) is 0 Å². The summed E-state index contributed by atoms with van der Waals surface area (Å²) in [5.74, 6) is 0.731. The Hall–Kier alpha value is -0.120. The molecule has 0 radical (unpaired) electrons. The first kappa shape index (κ1) is 16.9. The number of methoxy groups -OCH3 is 1. The van der Waals surface area contributed by atoms with E-state index in [9.17, 15) is 0 Å². The predicted molar refractivity (Wildman–Crippen MR) is 75.2 cm³/mol. The highest BCUT2D eigenvalue weighted by molar-refractivity contribution is 4.74. The van der Waals surface area contributed by atoms with Crippen molar-refractivity contribution in [2.45, 2.75) is 53.1 Å². The second-order valence-electron chi connectivity index (χ2n) is 6.03. The Balaban J connectivity index is 3.69. The number of hydrogen-bond acceptors (Lipinski definition) is 3. The van der Waals surface area contributed by atoms with Gasteiger partial charge in [0.2, 0.25) is 0 Å². The predicted octanol–water partition coefficient (Wildman–Crippen LogP) is 2.40. The van der Waals surface area contributed by atoms with Crippen molar-refractivity contribution in [1.82, 2.24) is 5.32 Å². The molecule has 104 valence electrons. The molecule has 0 amide bonds. The maximum absolute atomic E-state index is 5.68. The summed E-state index contributed by atoms with van der Waals surface area (Å²) in [5.41, 5.74) is 6.06. The third kappa shape index (κ3) is 8.58. The first-order valence-corrected chi connectivity index (χ1v) is 6.85. The lowest BCUT2D eigenvalue weighted by atomic mass is 9.76. The second-order valence-corrected chi connectivity index (χ2v) is 6.03. The van der Waals surface area contributed by atoms with Crippen LogP contribution in [0, 0.1) is 11.3 Å². The Bertz CT molecular complexity index is 178. The third-order valence-corrected chi connectivity index (χ3v) is 3.48. The average molecular weight is 244 g/mol. The molecule has 0 spiro atoms. The molecule has 0 aliphatic rings. The maximum Gasteiger partial charge on any atom is 0.0667 e. The lowest BCUT2D eigenvalue weighted by molar-refractivity contribution is 0.117. The summed E-state index contributed by atoms with van der Waals surface area (Å²) in [4.78, 5) is 0. The highest BCUT2D eigenvalue weighted by Crippen LogP contribution is 2.31. The number of rotatable bonds is 9. The molecule has 0 saturated heterocycles. The van der Waals surface area contributed by atoms with Crippen LogP contribution in [0.1, 0.15) is 47.0 Å². The molecule has 3 N–H and O–H groups in total. The highest BCUT2D eigenvalue weighted by atomic mass is 16.5. The van der Waals surface area contributed by atoms with Gasteiger partial charge in [-0.05, 0) is 50.6 Å². The fourth-order valence-electron chi connectivity index (χ4n) is 2.07. The molecule has 0 aromatic rings. The van der Waals surface area contributed by atoms with Crippen molar-refractivity contribution < 1.29 is 4.74 Å². The number of hydrogen-bond donors (Lipinski definition) is 2. The molecule has 0 aromatic heterocycles. The second kappa shape index (κ2) is 8.90. The largest absolute Gasteiger partial charge is 0.380 e. The van der Waals surface area contributed by atoms with E-state index in [2.05, 4.69) is 33.0 Å². The minimum atomic E-state index is 0.303. The van der Waals surface area contributed by atoms with Gasteiger partial charge >= 0.3 is 0 Å². The molecule has 0 aliphatic carbocycles. The van der Waals surface area contributed by atoms with Gasteiger partial charge in [0, 0.05) is 13.7 Å². The molecule has 0 saturated carbocycles. The minimum Gasteiger partial charge on any atom is -0.380 e. The molecule has 0 fully saturated rings. The lowest BCUT2D eigenvalue weighted by Gasteiger charge is -2.30. The van der Waals surface area contributed by atoms with Gasteiger partial charge < -0.3 is 15.8 Å². The third-order valence-electron chi connectivity index (χ3n) is 3.48. The topological polar surface area (TPSA) is 47.3 Å². The van der Waals surface area contributed by atoms with Crippen molar-refractivity contribution in [2.75, 3.05) is 26.7 Å². The molecular weight excluding hydrogens is 212 g/mol.